The van der Waals surface area contributed by atoms with Crippen LogP contribution in [0.25, 0.3) is 11.5 Å². The van der Waals surface area contributed by atoms with Gasteiger partial charge in [-0.15, -0.1) is 0 Å². The van der Waals surface area contributed by atoms with Crippen molar-refractivity contribution in [2.45, 2.75) is 6.54 Å². The second-order valence-corrected chi connectivity index (χ2v) is 3.96. The first-order valence-electron chi connectivity index (χ1n) is 5.80. The molecule has 0 unspecified atom stereocenters. The van der Waals surface area contributed by atoms with Gasteiger partial charge in [0.1, 0.15) is 5.69 Å². The molecule has 0 saturated heterocycles. The molecule has 0 amide bonds. The molecule has 2 aromatic rings. The molecule has 2 heterocycles. The summed E-state index contributed by atoms with van der Waals surface area (Å²) in [7, 11) is 3.56. The Morgan fingerprint density at radius 3 is 2.72 bits per heavy atom. The standard InChI is InChI=1S/C12H17N5O/c1-17-5-3-11(16-17)12-14-8-10(9-15-12)7-13-4-6-18-2/h3,5,8-9,13H,4,6-7H2,1-2H3. The maximum atomic E-state index is 4.95. The van der Waals surface area contributed by atoms with Crippen LogP contribution in [0, 0.1) is 0 Å². The lowest BCUT2D eigenvalue weighted by molar-refractivity contribution is 0.199. The van der Waals surface area contributed by atoms with Gasteiger partial charge in [0.05, 0.1) is 6.61 Å². The molecule has 2 aromatic heterocycles. The maximum absolute atomic E-state index is 4.95. The van der Waals surface area contributed by atoms with Crippen LogP contribution in [-0.2, 0) is 18.3 Å². The monoisotopic (exact) mass is 247 g/mol. The van der Waals surface area contributed by atoms with Crippen LogP contribution in [0.4, 0.5) is 0 Å². The molecule has 0 saturated carbocycles. The zero-order valence-corrected chi connectivity index (χ0v) is 10.6. The van der Waals surface area contributed by atoms with Crippen molar-refractivity contribution in [1.82, 2.24) is 25.1 Å². The SMILES string of the molecule is COCCNCc1cnc(-c2ccn(C)n2)nc1. The van der Waals surface area contributed by atoms with Crippen LogP contribution in [0.5, 0.6) is 0 Å². The number of methoxy groups -OCH3 is 1. The summed E-state index contributed by atoms with van der Waals surface area (Å²) in [5.74, 6) is 0.649. The molecule has 2 rings (SSSR count). The van der Waals surface area contributed by atoms with Crippen LogP contribution in [0.1, 0.15) is 5.56 Å². The summed E-state index contributed by atoms with van der Waals surface area (Å²) in [6.45, 7) is 2.26. The molecule has 6 heteroatoms. The number of nitrogens with one attached hydrogen (secondary N) is 1. The fraction of sp³-hybridized carbons (Fsp3) is 0.417. The Hall–Kier alpha value is -1.79. The minimum Gasteiger partial charge on any atom is -0.383 e. The molecule has 0 radical (unpaired) electrons. The van der Waals surface area contributed by atoms with Crippen LogP contribution in [0.3, 0.4) is 0 Å². The van der Waals surface area contributed by atoms with Crippen LogP contribution < -0.4 is 5.32 Å². The van der Waals surface area contributed by atoms with Gasteiger partial charge in [0.25, 0.3) is 0 Å². The fourth-order valence-electron chi connectivity index (χ4n) is 1.52. The molecule has 0 aliphatic heterocycles. The summed E-state index contributed by atoms with van der Waals surface area (Å²) in [5.41, 5.74) is 1.84. The van der Waals surface area contributed by atoms with E-state index in [1.807, 2.05) is 31.7 Å². The van der Waals surface area contributed by atoms with Crippen molar-refractivity contribution in [3.05, 3.63) is 30.2 Å². The lowest BCUT2D eigenvalue weighted by Gasteiger charge is -2.03. The maximum Gasteiger partial charge on any atom is 0.180 e. The Kier molecular flexibility index (Phi) is 4.38. The Balaban J connectivity index is 1.93. The second kappa shape index (κ2) is 6.23. The normalized spacial score (nSPS) is 10.8. The molecule has 18 heavy (non-hydrogen) atoms. The van der Waals surface area contributed by atoms with Crippen LogP contribution in [-0.4, -0.2) is 40.0 Å². The Bertz CT molecular complexity index is 479. The first-order valence-corrected chi connectivity index (χ1v) is 5.80. The van der Waals surface area contributed by atoms with Gasteiger partial charge >= 0.3 is 0 Å². The number of rotatable bonds is 6. The summed E-state index contributed by atoms with van der Waals surface area (Å²) in [5, 5.41) is 7.50. The Morgan fingerprint density at radius 1 is 1.33 bits per heavy atom. The zero-order chi connectivity index (χ0) is 12.8. The first-order chi connectivity index (χ1) is 8.79. The highest BCUT2D eigenvalue weighted by Gasteiger charge is 2.04. The zero-order valence-electron chi connectivity index (χ0n) is 10.6. The van der Waals surface area contributed by atoms with Crippen LogP contribution >= 0.6 is 0 Å². The quantitative estimate of drug-likeness (QED) is 0.758. The van der Waals surface area contributed by atoms with Crippen LogP contribution in [0.2, 0.25) is 0 Å². The number of hydrogen-bond acceptors (Lipinski definition) is 5. The lowest BCUT2D eigenvalue weighted by atomic mass is 10.3. The largest absolute Gasteiger partial charge is 0.383 e. The topological polar surface area (TPSA) is 64.9 Å². The van der Waals surface area contributed by atoms with Crippen molar-refractivity contribution >= 4 is 0 Å². The van der Waals surface area contributed by atoms with Gasteiger partial charge in [-0.2, -0.15) is 5.10 Å². The van der Waals surface area contributed by atoms with E-state index >= 15 is 0 Å². The average molecular weight is 247 g/mol. The van der Waals surface area contributed by atoms with Gasteiger partial charge < -0.3 is 10.1 Å². The number of nitrogens with zero attached hydrogens (tertiary/aromatic N) is 4. The molecule has 96 valence electrons. The van der Waals surface area contributed by atoms with Gasteiger partial charge in [0.15, 0.2) is 5.82 Å². The molecule has 0 bridgehead atoms. The van der Waals surface area contributed by atoms with Crippen molar-refractivity contribution < 1.29 is 4.74 Å². The highest BCUT2D eigenvalue weighted by molar-refractivity contribution is 5.47. The van der Waals surface area contributed by atoms with Gasteiger partial charge in [-0.3, -0.25) is 4.68 Å². The highest BCUT2D eigenvalue weighted by Crippen LogP contribution is 2.10. The van der Waals surface area contributed by atoms with E-state index in [1.165, 1.54) is 0 Å². The average Bonchev–Trinajstić information content (AvgIpc) is 2.82. The van der Waals surface area contributed by atoms with E-state index in [1.54, 1.807) is 11.8 Å². The van der Waals surface area contributed by atoms with E-state index in [0.29, 0.717) is 12.4 Å². The van der Waals surface area contributed by atoms with Gasteiger partial charge in [-0.1, -0.05) is 0 Å². The number of aromatic nitrogens is 4. The van der Waals surface area contributed by atoms with E-state index in [0.717, 1.165) is 24.3 Å². The molecule has 0 aromatic carbocycles. The van der Waals surface area contributed by atoms with Crippen molar-refractivity contribution in [3.8, 4) is 11.5 Å². The van der Waals surface area contributed by atoms with Gasteiger partial charge in [-0.25, -0.2) is 9.97 Å². The molecule has 0 fully saturated rings. The van der Waals surface area contributed by atoms with Crippen molar-refractivity contribution in [3.63, 3.8) is 0 Å². The first kappa shape index (κ1) is 12.7. The molecule has 0 aliphatic carbocycles. The number of aryl methyl sites for hydroxylation is 1. The highest BCUT2D eigenvalue weighted by atomic mass is 16.5. The molecule has 1 N–H and O–H groups in total. The van der Waals surface area contributed by atoms with Crippen molar-refractivity contribution in [2.24, 2.45) is 7.05 Å². The molecular weight excluding hydrogens is 230 g/mol. The summed E-state index contributed by atoms with van der Waals surface area (Å²) in [4.78, 5) is 8.61. The number of hydrogen-bond donors (Lipinski definition) is 1. The third-order valence-corrected chi connectivity index (χ3v) is 2.46. The molecular formula is C12H17N5O. The third kappa shape index (κ3) is 3.35. The lowest BCUT2D eigenvalue weighted by Crippen LogP contribution is -2.18. The smallest absolute Gasteiger partial charge is 0.180 e. The summed E-state index contributed by atoms with van der Waals surface area (Å²) >= 11 is 0. The van der Waals surface area contributed by atoms with E-state index in [9.17, 15) is 0 Å². The summed E-state index contributed by atoms with van der Waals surface area (Å²) < 4.78 is 6.69. The predicted octanol–water partition coefficient (Wildman–Crippen LogP) is 0.613. The van der Waals surface area contributed by atoms with E-state index in [-0.39, 0.29) is 0 Å². The van der Waals surface area contributed by atoms with Gasteiger partial charge in [0.2, 0.25) is 0 Å². The molecule has 0 atom stereocenters. The van der Waals surface area contributed by atoms with E-state index < -0.39 is 0 Å². The molecule has 6 nitrogen and oxygen atoms in total. The predicted molar refractivity (Wildman–Crippen MR) is 67.8 cm³/mol. The van der Waals surface area contributed by atoms with Gasteiger partial charge in [0, 0.05) is 51.4 Å². The molecule has 0 spiro atoms. The van der Waals surface area contributed by atoms with Gasteiger partial charge in [-0.05, 0) is 6.07 Å². The van der Waals surface area contributed by atoms with E-state index in [2.05, 4.69) is 20.4 Å². The van der Waals surface area contributed by atoms with Crippen molar-refractivity contribution in [2.75, 3.05) is 20.3 Å². The fourth-order valence-corrected chi connectivity index (χ4v) is 1.52. The second-order valence-electron chi connectivity index (χ2n) is 3.96. The summed E-state index contributed by atoms with van der Waals surface area (Å²) in [6, 6.07) is 1.89. The molecule has 0 aliphatic rings. The third-order valence-electron chi connectivity index (χ3n) is 2.46. The minimum absolute atomic E-state index is 0.649. The summed E-state index contributed by atoms with van der Waals surface area (Å²) in [6.07, 6.45) is 5.51. The Morgan fingerprint density at radius 2 is 2.11 bits per heavy atom. The van der Waals surface area contributed by atoms with Crippen molar-refractivity contribution in [1.29, 1.82) is 0 Å². The Labute approximate surface area is 106 Å². The van der Waals surface area contributed by atoms with Crippen LogP contribution in [0.15, 0.2) is 24.7 Å². The minimum atomic E-state index is 0.649. The number of ether oxygens (including phenoxy) is 1. The van der Waals surface area contributed by atoms with E-state index in [4.69, 9.17) is 4.74 Å².